The lowest BCUT2D eigenvalue weighted by Gasteiger charge is -2.17. The van der Waals surface area contributed by atoms with Crippen LogP contribution in [0, 0.1) is 11.3 Å². The van der Waals surface area contributed by atoms with E-state index >= 15 is 0 Å². The number of likely N-dealkylation sites (N-methyl/N-ethyl adjacent to an activating group) is 1. The molecule has 0 saturated heterocycles. The van der Waals surface area contributed by atoms with Gasteiger partial charge in [0.1, 0.15) is 0 Å². The maximum absolute atomic E-state index is 11.6. The summed E-state index contributed by atoms with van der Waals surface area (Å²) in [6, 6.07) is 8.79. The molecule has 1 amide bonds. The number of carbonyl (C=O) groups is 2. The van der Waals surface area contributed by atoms with Crippen LogP contribution in [0.1, 0.15) is 25.0 Å². The van der Waals surface area contributed by atoms with Crippen molar-refractivity contribution in [2.75, 3.05) is 19.7 Å². The van der Waals surface area contributed by atoms with Crippen LogP contribution in [0.3, 0.4) is 0 Å². The van der Waals surface area contributed by atoms with Gasteiger partial charge >= 0.3 is 5.97 Å². The van der Waals surface area contributed by atoms with E-state index < -0.39 is 5.97 Å². The van der Waals surface area contributed by atoms with Gasteiger partial charge in [-0.25, -0.2) is 4.79 Å². The highest BCUT2D eigenvalue weighted by Crippen LogP contribution is 2.05. The van der Waals surface area contributed by atoms with Crippen molar-refractivity contribution in [3.8, 4) is 6.07 Å². The highest BCUT2D eigenvalue weighted by atomic mass is 16.5. The van der Waals surface area contributed by atoms with E-state index in [2.05, 4.69) is 0 Å². The first-order valence-corrected chi connectivity index (χ1v) is 6.73. The summed E-state index contributed by atoms with van der Waals surface area (Å²) in [5.74, 6) is -0.778. The minimum Gasteiger partial charge on any atom is -0.452 e. The number of hydrogen-bond donors (Lipinski definition) is 0. The fraction of sp³-hybridized carbons (Fsp3) is 0.312. The summed E-state index contributed by atoms with van der Waals surface area (Å²) in [6.07, 6.45) is 2.84. The zero-order valence-corrected chi connectivity index (χ0v) is 12.2. The number of carbonyl (C=O) groups excluding carboxylic acids is 2. The standard InChI is InChI=1S/C16H18N2O3/c1-3-18(4-2)15(19)12-21-16(20)10-9-13-5-7-14(11-17)8-6-13/h5-10H,3-4,12H2,1-2H3/b10-9+. The van der Waals surface area contributed by atoms with Crippen molar-refractivity contribution in [2.45, 2.75) is 13.8 Å². The largest absolute Gasteiger partial charge is 0.452 e. The monoisotopic (exact) mass is 286 g/mol. The topological polar surface area (TPSA) is 70.4 Å². The molecule has 0 spiro atoms. The van der Waals surface area contributed by atoms with E-state index in [-0.39, 0.29) is 12.5 Å². The Morgan fingerprint density at radius 2 is 1.86 bits per heavy atom. The van der Waals surface area contributed by atoms with Gasteiger partial charge in [0.05, 0.1) is 11.6 Å². The van der Waals surface area contributed by atoms with Crippen molar-refractivity contribution in [3.05, 3.63) is 41.5 Å². The summed E-state index contributed by atoms with van der Waals surface area (Å²) in [6.45, 7) is 4.67. The van der Waals surface area contributed by atoms with E-state index in [4.69, 9.17) is 10.00 Å². The second kappa shape index (κ2) is 8.54. The quantitative estimate of drug-likeness (QED) is 0.592. The third-order valence-corrected chi connectivity index (χ3v) is 2.91. The maximum Gasteiger partial charge on any atom is 0.331 e. The highest BCUT2D eigenvalue weighted by Gasteiger charge is 2.11. The van der Waals surface area contributed by atoms with Crippen molar-refractivity contribution in [3.63, 3.8) is 0 Å². The van der Waals surface area contributed by atoms with Crippen LogP contribution in [0.25, 0.3) is 6.08 Å². The fourth-order valence-corrected chi connectivity index (χ4v) is 1.68. The Labute approximate surface area is 124 Å². The molecule has 0 N–H and O–H groups in total. The number of rotatable bonds is 6. The normalized spacial score (nSPS) is 10.1. The summed E-state index contributed by atoms with van der Waals surface area (Å²) in [5, 5.41) is 8.68. The Hall–Kier alpha value is -2.61. The first-order chi connectivity index (χ1) is 10.1. The molecule has 0 aromatic heterocycles. The van der Waals surface area contributed by atoms with Gasteiger partial charge in [-0.3, -0.25) is 4.79 Å². The maximum atomic E-state index is 11.6. The fourth-order valence-electron chi connectivity index (χ4n) is 1.68. The van der Waals surface area contributed by atoms with Gasteiger partial charge < -0.3 is 9.64 Å². The molecule has 1 aromatic rings. The number of benzene rings is 1. The average molecular weight is 286 g/mol. The van der Waals surface area contributed by atoms with E-state index in [0.29, 0.717) is 18.7 Å². The molecule has 0 heterocycles. The molecule has 0 atom stereocenters. The van der Waals surface area contributed by atoms with Crippen LogP contribution >= 0.6 is 0 Å². The predicted molar refractivity (Wildman–Crippen MR) is 79.1 cm³/mol. The molecule has 0 aliphatic heterocycles. The van der Waals surface area contributed by atoms with Gasteiger partial charge in [0.15, 0.2) is 6.61 Å². The van der Waals surface area contributed by atoms with E-state index in [0.717, 1.165) is 5.56 Å². The van der Waals surface area contributed by atoms with Gasteiger partial charge in [0.2, 0.25) is 0 Å². The van der Waals surface area contributed by atoms with E-state index in [1.54, 1.807) is 35.2 Å². The summed E-state index contributed by atoms with van der Waals surface area (Å²) in [4.78, 5) is 24.8. The van der Waals surface area contributed by atoms with E-state index in [1.165, 1.54) is 6.08 Å². The molecule has 0 aliphatic rings. The summed E-state index contributed by atoms with van der Waals surface area (Å²) in [7, 11) is 0. The molecule has 0 radical (unpaired) electrons. The molecule has 5 heteroatoms. The van der Waals surface area contributed by atoms with E-state index in [1.807, 2.05) is 19.9 Å². The third kappa shape index (κ3) is 5.49. The number of hydrogen-bond acceptors (Lipinski definition) is 4. The Bertz CT molecular complexity index is 552. The van der Waals surface area contributed by atoms with Gasteiger partial charge in [-0.15, -0.1) is 0 Å². The second-order valence-corrected chi connectivity index (χ2v) is 4.24. The van der Waals surface area contributed by atoms with Gasteiger partial charge in [-0.1, -0.05) is 12.1 Å². The Morgan fingerprint density at radius 1 is 1.24 bits per heavy atom. The number of ether oxygens (including phenoxy) is 1. The second-order valence-electron chi connectivity index (χ2n) is 4.24. The molecule has 0 saturated carbocycles. The number of amides is 1. The minimum absolute atomic E-state index is 0.208. The third-order valence-electron chi connectivity index (χ3n) is 2.91. The highest BCUT2D eigenvalue weighted by molar-refractivity contribution is 5.89. The number of nitriles is 1. The summed E-state index contributed by atoms with van der Waals surface area (Å²) < 4.78 is 4.89. The molecule has 0 aliphatic carbocycles. The lowest BCUT2D eigenvalue weighted by Crippen LogP contribution is -2.34. The Kier molecular flexibility index (Phi) is 6.69. The van der Waals surface area contributed by atoms with E-state index in [9.17, 15) is 9.59 Å². The van der Waals surface area contributed by atoms with Gasteiger partial charge in [0, 0.05) is 19.2 Å². The molecule has 0 unspecified atom stereocenters. The molecule has 0 fully saturated rings. The molecule has 0 bridgehead atoms. The molecule has 1 aromatic carbocycles. The average Bonchev–Trinajstić information content (AvgIpc) is 2.52. The van der Waals surface area contributed by atoms with Crippen LogP contribution < -0.4 is 0 Å². The lowest BCUT2D eigenvalue weighted by molar-refractivity contribution is -0.147. The van der Waals surface area contributed by atoms with Crippen LogP contribution in [-0.4, -0.2) is 36.5 Å². The van der Waals surface area contributed by atoms with Crippen LogP contribution in [-0.2, 0) is 14.3 Å². The molecule has 110 valence electrons. The first kappa shape index (κ1) is 16.4. The van der Waals surface area contributed by atoms with Crippen molar-refractivity contribution in [1.29, 1.82) is 5.26 Å². The van der Waals surface area contributed by atoms with Crippen molar-refractivity contribution < 1.29 is 14.3 Å². The zero-order chi connectivity index (χ0) is 15.7. The molecule has 21 heavy (non-hydrogen) atoms. The lowest BCUT2D eigenvalue weighted by atomic mass is 10.1. The minimum atomic E-state index is -0.570. The molecule has 5 nitrogen and oxygen atoms in total. The van der Waals surface area contributed by atoms with Crippen LogP contribution in [0.5, 0.6) is 0 Å². The molecular formula is C16H18N2O3. The smallest absolute Gasteiger partial charge is 0.331 e. The molecular weight excluding hydrogens is 268 g/mol. The first-order valence-electron chi connectivity index (χ1n) is 6.73. The van der Waals surface area contributed by atoms with Crippen molar-refractivity contribution in [2.24, 2.45) is 0 Å². The zero-order valence-electron chi connectivity index (χ0n) is 12.2. The Morgan fingerprint density at radius 3 is 2.38 bits per heavy atom. The number of esters is 1. The van der Waals surface area contributed by atoms with Crippen molar-refractivity contribution in [1.82, 2.24) is 4.90 Å². The molecule has 1 rings (SSSR count). The summed E-state index contributed by atoms with van der Waals surface area (Å²) >= 11 is 0. The van der Waals surface area contributed by atoms with Crippen LogP contribution in [0.2, 0.25) is 0 Å². The predicted octanol–water partition coefficient (Wildman–Crippen LogP) is 1.98. The van der Waals surface area contributed by atoms with Crippen molar-refractivity contribution >= 4 is 18.0 Å². The summed E-state index contributed by atoms with van der Waals surface area (Å²) in [5.41, 5.74) is 1.33. The van der Waals surface area contributed by atoms with Gasteiger partial charge in [-0.05, 0) is 37.6 Å². The van der Waals surface area contributed by atoms with Gasteiger partial charge in [0.25, 0.3) is 5.91 Å². The van der Waals surface area contributed by atoms with Crippen LogP contribution in [0.15, 0.2) is 30.3 Å². The Balaban J connectivity index is 2.48. The SMILES string of the molecule is CCN(CC)C(=O)COC(=O)/C=C/c1ccc(C#N)cc1. The number of nitrogens with zero attached hydrogens (tertiary/aromatic N) is 2. The van der Waals surface area contributed by atoms with Crippen LogP contribution in [0.4, 0.5) is 0 Å². The van der Waals surface area contributed by atoms with Gasteiger partial charge in [-0.2, -0.15) is 5.26 Å².